The number of halogens is 5. The molecule has 0 atom stereocenters. The van der Waals surface area contributed by atoms with Gasteiger partial charge in [-0.25, -0.2) is 9.38 Å². The highest BCUT2D eigenvalue weighted by molar-refractivity contribution is 6.33. The molecular weight excluding hydrogens is 368 g/mol. The van der Waals surface area contributed by atoms with Gasteiger partial charge in [-0.1, -0.05) is 17.7 Å². The number of aliphatic imine (C=N–C) groups is 1. The minimum atomic E-state index is -4.57. The number of rotatable bonds is 5. The minimum absolute atomic E-state index is 0.147. The van der Waals surface area contributed by atoms with Crippen molar-refractivity contribution in [3.63, 3.8) is 0 Å². The molecule has 0 aromatic heterocycles. The van der Waals surface area contributed by atoms with Crippen molar-refractivity contribution in [1.29, 1.82) is 0 Å². The van der Waals surface area contributed by atoms with Crippen LogP contribution in [0.1, 0.15) is 29.2 Å². The van der Waals surface area contributed by atoms with E-state index in [1.165, 1.54) is 0 Å². The zero-order valence-corrected chi connectivity index (χ0v) is 15.4. The average molecular weight is 387 g/mol. The molecule has 140 valence electrons. The van der Waals surface area contributed by atoms with Crippen LogP contribution in [0.5, 0.6) is 0 Å². The maximum absolute atomic E-state index is 14.1. The number of alkyl halides is 3. The molecule has 0 aliphatic rings. The average Bonchev–Trinajstić information content (AvgIpc) is 2.56. The number of nitrogens with zero attached hydrogens (tertiary/aromatic N) is 2. The van der Waals surface area contributed by atoms with E-state index in [2.05, 4.69) is 4.99 Å². The highest BCUT2D eigenvalue weighted by Gasteiger charge is 2.31. The van der Waals surface area contributed by atoms with Crippen LogP contribution < -0.4 is 0 Å². The van der Waals surface area contributed by atoms with E-state index >= 15 is 0 Å². The van der Waals surface area contributed by atoms with Crippen molar-refractivity contribution in [2.24, 2.45) is 4.99 Å². The summed E-state index contributed by atoms with van der Waals surface area (Å²) in [5, 5.41) is 0.402. The zero-order chi connectivity index (χ0) is 19.5. The second-order valence-corrected chi connectivity index (χ2v) is 6.44. The van der Waals surface area contributed by atoms with Gasteiger partial charge in [0.15, 0.2) is 0 Å². The van der Waals surface area contributed by atoms with Crippen LogP contribution in [0.2, 0.25) is 5.02 Å². The summed E-state index contributed by atoms with van der Waals surface area (Å²) in [5.74, 6) is -0.887. The van der Waals surface area contributed by atoms with E-state index in [0.717, 1.165) is 29.8 Å². The lowest BCUT2D eigenvalue weighted by molar-refractivity contribution is -0.137. The smallest absolute Gasteiger partial charge is 0.366 e. The summed E-state index contributed by atoms with van der Waals surface area (Å²) in [6, 6.07) is 6.01. The summed E-state index contributed by atoms with van der Waals surface area (Å²) in [5.41, 5.74) is 1.33. The van der Waals surface area contributed by atoms with Crippen molar-refractivity contribution in [2.45, 2.75) is 26.4 Å². The first-order valence-electron chi connectivity index (χ1n) is 8.01. The Bertz CT molecular complexity index is 816. The van der Waals surface area contributed by atoms with Crippen molar-refractivity contribution in [3.8, 4) is 0 Å². The van der Waals surface area contributed by atoms with Gasteiger partial charge in [-0.15, -0.1) is 0 Å². The fourth-order valence-electron chi connectivity index (χ4n) is 2.31. The summed E-state index contributed by atoms with van der Waals surface area (Å²) in [6.45, 7) is 4.61. The molecule has 0 spiro atoms. The second-order valence-electron chi connectivity index (χ2n) is 6.03. The third-order valence-corrected chi connectivity index (χ3v) is 4.36. The van der Waals surface area contributed by atoms with Gasteiger partial charge in [0.1, 0.15) is 5.82 Å². The first kappa shape index (κ1) is 20.2. The quantitative estimate of drug-likeness (QED) is 0.349. The molecule has 0 aliphatic carbocycles. The van der Waals surface area contributed by atoms with Gasteiger partial charge < -0.3 is 4.90 Å². The maximum Gasteiger partial charge on any atom is 0.416 e. The standard InChI is InChI=1S/C19H19ClF4N2/c1-4-26(3)11-25-18-7-12(2)14(9-16(18)20)8-13-5-6-15(10-17(13)21)19(22,23)24/h5-7,9-11H,4,8H2,1-3H3/b25-11-. The summed E-state index contributed by atoms with van der Waals surface area (Å²) in [4.78, 5) is 6.20. The molecule has 7 heteroatoms. The number of hydrogen-bond acceptors (Lipinski definition) is 1. The van der Waals surface area contributed by atoms with Gasteiger partial charge in [-0.3, -0.25) is 0 Å². The Hall–Kier alpha value is -2.08. The van der Waals surface area contributed by atoms with Crippen LogP contribution in [0.25, 0.3) is 0 Å². The number of benzene rings is 2. The van der Waals surface area contributed by atoms with Gasteiger partial charge in [0, 0.05) is 20.0 Å². The molecule has 2 rings (SSSR count). The Kier molecular flexibility index (Phi) is 6.29. The Balaban J connectivity index is 2.28. The van der Waals surface area contributed by atoms with Gasteiger partial charge in [0.2, 0.25) is 0 Å². The van der Waals surface area contributed by atoms with E-state index in [0.29, 0.717) is 16.8 Å². The summed E-state index contributed by atoms with van der Waals surface area (Å²) in [6.07, 6.45) is -2.76. The zero-order valence-electron chi connectivity index (χ0n) is 14.7. The first-order valence-corrected chi connectivity index (χ1v) is 8.38. The molecule has 0 heterocycles. The lowest BCUT2D eigenvalue weighted by Crippen LogP contribution is -2.14. The van der Waals surface area contributed by atoms with Crippen LogP contribution in [-0.2, 0) is 12.6 Å². The molecule has 0 unspecified atom stereocenters. The Morgan fingerprint density at radius 1 is 1.15 bits per heavy atom. The van der Waals surface area contributed by atoms with Crippen LogP contribution in [0.15, 0.2) is 35.3 Å². The summed E-state index contributed by atoms with van der Waals surface area (Å²) in [7, 11) is 1.88. The van der Waals surface area contributed by atoms with E-state index < -0.39 is 17.6 Å². The van der Waals surface area contributed by atoms with Crippen LogP contribution in [-0.4, -0.2) is 24.8 Å². The predicted octanol–water partition coefficient (Wildman–Crippen LogP) is 6.01. The highest BCUT2D eigenvalue weighted by atomic mass is 35.5. The van der Waals surface area contributed by atoms with E-state index in [1.807, 2.05) is 25.8 Å². The van der Waals surface area contributed by atoms with E-state index in [1.54, 1.807) is 18.5 Å². The lowest BCUT2D eigenvalue weighted by Gasteiger charge is -2.12. The fraction of sp³-hybridized carbons (Fsp3) is 0.316. The third-order valence-electron chi connectivity index (χ3n) is 4.06. The summed E-state index contributed by atoms with van der Waals surface area (Å²) < 4.78 is 52.0. The Morgan fingerprint density at radius 2 is 1.85 bits per heavy atom. The lowest BCUT2D eigenvalue weighted by atomic mass is 9.98. The van der Waals surface area contributed by atoms with Crippen LogP contribution in [0.3, 0.4) is 0 Å². The molecular formula is C19H19ClF4N2. The SMILES string of the molecule is CCN(C)/C=N\c1cc(C)c(Cc2ccc(C(F)(F)F)cc2F)cc1Cl. The topological polar surface area (TPSA) is 15.6 Å². The molecule has 2 aromatic carbocycles. The molecule has 0 amide bonds. The highest BCUT2D eigenvalue weighted by Crippen LogP contribution is 2.32. The number of aryl methyl sites for hydroxylation is 1. The van der Waals surface area contributed by atoms with Crippen molar-refractivity contribution in [3.05, 3.63) is 63.4 Å². The van der Waals surface area contributed by atoms with Crippen LogP contribution in [0, 0.1) is 12.7 Å². The van der Waals surface area contributed by atoms with Crippen LogP contribution >= 0.6 is 11.6 Å². The molecule has 0 radical (unpaired) electrons. The van der Waals surface area contributed by atoms with Gasteiger partial charge in [0.05, 0.1) is 22.6 Å². The maximum atomic E-state index is 14.1. The van der Waals surface area contributed by atoms with Crippen molar-refractivity contribution >= 4 is 23.6 Å². The molecule has 2 aromatic rings. The monoisotopic (exact) mass is 386 g/mol. The molecule has 0 aliphatic heterocycles. The van der Waals surface area contributed by atoms with Gasteiger partial charge in [-0.05, 0) is 54.8 Å². The van der Waals surface area contributed by atoms with Gasteiger partial charge in [0.25, 0.3) is 0 Å². The molecule has 0 N–H and O–H groups in total. The van der Waals surface area contributed by atoms with Gasteiger partial charge >= 0.3 is 6.18 Å². The van der Waals surface area contributed by atoms with Crippen molar-refractivity contribution < 1.29 is 17.6 Å². The molecule has 2 nitrogen and oxygen atoms in total. The molecule has 0 fully saturated rings. The minimum Gasteiger partial charge on any atom is -0.366 e. The Morgan fingerprint density at radius 3 is 2.42 bits per heavy atom. The molecule has 26 heavy (non-hydrogen) atoms. The number of hydrogen-bond donors (Lipinski definition) is 0. The molecule has 0 bridgehead atoms. The van der Waals surface area contributed by atoms with E-state index in [9.17, 15) is 17.6 Å². The fourth-order valence-corrected chi connectivity index (χ4v) is 2.55. The Labute approximate surface area is 155 Å². The van der Waals surface area contributed by atoms with Crippen molar-refractivity contribution in [1.82, 2.24) is 4.90 Å². The first-order chi connectivity index (χ1) is 12.1. The van der Waals surface area contributed by atoms with E-state index in [4.69, 9.17) is 11.6 Å². The van der Waals surface area contributed by atoms with Crippen LogP contribution in [0.4, 0.5) is 23.2 Å². The summed E-state index contributed by atoms with van der Waals surface area (Å²) >= 11 is 6.24. The van der Waals surface area contributed by atoms with Gasteiger partial charge in [-0.2, -0.15) is 13.2 Å². The van der Waals surface area contributed by atoms with E-state index in [-0.39, 0.29) is 12.0 Å². The largest absolute Gasteiger partial charge is 0.416 e. The third kappa shape index (κ3) is 4.97. The molecule has 0 saturated heterocycles. The van der Waals surface area contributed by atoms with Crippen molar-refractivity contribution in [2.75, 3.05) is 13.6 Å². The predicted molar refractivity (Wildman–Crippen MR) is 96.9 cm³/mol. The molecule has 0 saturated carbocycles. The second kappa shape index (κ2) is 8.08. The normalized spacial score (nSPS) is 12.0.